The van der Waals surface area contributed by atoms with Gasteiger partial charge in [-0.3, -0.25) is 0 Å². The van der Waals surface area contributed by atoms with Crippen molar-refractivity contribution in [2.24, 2.45) is 11.8 Å². The average molecular weight is 863 g/mol. The first-order chi connectivity index (χ1) is 32.4. The Hall–Kier alpha value is 0.637. The highest BCUT2D eigenvalue weighted by atomic mass is 14.6. The van der Waals surface area contributed by atoms with Gasteiger partial charge in [-0.05, 0) is 84.7 Å². The van der Waals surface area contributed by atoms with E-state index in [1.807, 2.05) is 6.07 Å². The fraction of sp³-hybridized carbons (Fsp3) is 0.556. The minimum atomic E-state index is 0.676. The van der Waals surface area contributed by atoms with Crippen LogP contribution < -0.4 is 11.5 Å². The molecule has 316 valence electrons. The summed E-state index contributed by atoms with van der Waals surface area (Å²) in [6, 6.07) is 15.5. The summed E-state index contributed by atoms with van der Waals surface area (Å²) in [7, 11) is 53.9. The van der Waals surface area contributed by atoms with Crippen LogP contribution in [0.5, 0.6) is 0 Å². The summed E-state index contributed by atoms with van der Waals surface area (Å²) in [6.45, 7) is 0.752. The molecule has 0 aliphatic heterocycles. The Morgan fingerprint density at radius 1 is 0.406 bits per heavy atom. The van der Waals surface area contributed by atoms with Crippen LogP contribution >= 0.6 is 0 Å². The first kappa shape index (κ1) is 62.2. The number of nitrogen functional groups attached to an aromatic ring is 2. The van der Waals surface area contributed by atoms with Crippen LogP contribution in [0.1, 0.15) is 86.8 Å². The zero-order valence-corrected chi connectivity index (χ0v) is 49.5. The van der Waals surface area contributed by atoms with Crippen LogP contribution in [-0.4, -0.2) is 283 Å². The van der Waals surface area contributed by atoms with Crippen molar-refractivity contribution in [1.29, 1.82) is 0 Å². The number of hydrogen-bond donors (Lipinski definition) is 2. The summed E-state index contributed by atoms with van der Waals surface area (Å²) in [5.74, 6) is 3.33. The molecule has 69 heavy (non-hydrogen) atoms. The van der Waals surface area contributed by atoms with Crippen molar-refractivity contribution in [3.05, 3.63) is 59.2 Å². The maximum atomic E-state index is 6.10. The summed E-state index contributed by atoms with van der Waals surface area (Å²) in [6.07, 6.45) is 27.8. The van der Waals surface area contributed by atoms with E-state index in [1.54, 1.807) is 5.56 Å². The minimum Gasteiger partial charge on any atom is -0.399 e. The topological polar surface area (TPSA) is 52.0 Å². The molecule has 0 bridgehead atoms. The van der Waals surface area contributed by atoms with Crippen LogP contribution in [0.25, 0.3) is 0 Å². The highest BCUT2D eigenvalue weighted by molar-refractivity contribution is 8.29. The second-order valence-electron chi connectivity index (χ2n) is 27.8. The van der Waals surface area contributed by atoms with Crippen LogP contribution in [0, 0.1) is 11.8 Å². The van der Waals surface area contributed by atoms with Crippen LogP contribution in [0.15, 0.2) is 42.5 Å². The molecule has 2 aliphatic rings. The molecule has 0 heterocycles. The zero-order chi connectivity index (χ0) is 51.6. The van der Waals surface area contributed by atoms with Gasteiger partial charge in [0.2, 0.25) is 0 Å². The minimum absolute atomic E-state index is 0.676. The third-order valence-electron chi connectivity index (χ3n) is 19.9. The quantitative estimate of drug-likeness (QED) is 0.0731. The van der Waals surface area contributed by atoms with E-state index in [4.69, 9.17) is 11.5 Å². The van der Waals surface area contributed by atoms with E-state index in [9.17, 15) is 0 Å². The average Bonchev–Trinajstić information content (AvgIpc) is 3.24. The number of anilines is 2. The molecule has 42 heteroatoms. The van der Waals surface area contributed by atoms with Crippen molar-refractivity contribution in [3.8, 4) is 0 Å². The van der Waals surface area contributed by atoms with Crippen LogP contribution in [0.4, 0.5) is 11.4 Å². The Labute approximate surface area is 456 Å². The molecule has 0 amide bonds. The molecule has 2 saturated carbocycles. The molecule has 0 radical (unpaired) electrons. The molecule has 4 N–H and O–H groups in total. The predicted octanol–water partition coefficient (Wildman–Crippen LogP) is -19.2. The van der Waals surface area contributed by atoms with E-state index >= 15 is 0 Å². The van der Waals surface area contributed by atoms with Crippen LogP contribution in [0.2, 0.25) is 5.82 Å². The Bertz CT molecular complexity index is 1680. The Kier molecular flexibility index (Phi) is 26.3. The first-order valence-electron chi connectivity index (χ1n) is 30.1. The van der Waals surface area contributed by atoms with Gasteiger partial charge < -0.3 is 11.5 Å². The number of hydrogen-bond acceptors (Lipinski definition) is 2. The Balaban J connectivity index is 1.69. The van der Waals surface area contributed by atoms with Gasteiger partial charge in [0.05, 0.1) is 155 Å². The van der Waals surface area contributed by atoms with Crippen molar-refractivity contribution in [2.45, 2.75) is 82.4 Å². The predicted molar refractivity (Wildman–Crippen MR) is 412 cm³/mol. The first-order valence-corrected chi connectivity index (χ1v) is 30.1. The maximum absolute atomic E-state index is 6.10. The van der Waals surface area contributed by atoms with E-state index in [2.05, 4.69) is 191 Å². The lowest BCUT2D eigenvalue weighted by molar-refractivity contribution is 0.261. The van der Waals surface area contributed by atoms with Gasteiger partial charge in [0.15, 0.2) is 0 Å². The smallest absolute Gasteiger partial charge is 0.0594 e. The largest absolute Gasteiger partial charge is 0.399 e. The second-order valence-corrected chi connectivity index (χ2v) is 27.8. The van der Waals surface area contributed by atoms with Gasteiger partial charge in [0.25, 0.3) is 0 Å². The van der Waals surface area contributed by atoms with Gasteiger partial charge in [-0.2, -0.15) is 0 Å². The van der Waals surface area contributed by atoms with Gasteiger partial charge in [-0.15, -0.1) is 0 Å². The summed E-state index contributed by atoms with van der Waals surface area (Å²) in [5.41, 5.74) is 17.8. The Morgan fingerprint density at radius 2 is 0.754 bits per heavy atom. The monoisotopic (exact) mass is 871 g/mol. The molecule has 2 aromatic rings. The lowest BCUT2D eigenvalue weighted by Gasteiger charge is -2.55. The van der Waals surface area contributed by atoms with Crippen LogP contribution in [0.3, 0.4) is 0 Å². The van der Waals surface area contributed by atoms with Crippen molar-refractivity contribution < 1.29 is 0 Å². The number of nitrogens with two attached hydrogens (primary N) is 2. The van der Waals surface area contributed by atoms with Crippen molar-refractivity contribution >= 4 is 295 Å². The highest BCUT2D eigenvalue weighted by Crippen LogP contribution is 2.43. The standard InChI is InChI=1S/C27H78B40N2/c28-48-59(47)66(58(45)46)61(67(64(54(37)38)55(39)40)65(56(41)42)57(43)44)49(60(62(50(29)30)51(31)32)63(52(33)34)53(35)36)25-13-7-20(8-14-25)2-1-19-3-9-23(10-4-19)24-11-5-21(6-12-24)15-22-16-26(68)18-27(69)17-22/h5-6,11-12,16-20,23,25,48H,1-4,7-10,13-15,28-47,68-69H2. The molecule has 2 fully saturated rings. The maximum Gasteiger partial charge on any atom is 0.0594 e. The van der Waals surface area contributed by atoms with Crippen LogP contribution in [-0.2, 0) is 6.42 Å². The molecular formula is C27H78B40N2. The lowest BCUT2D eigenvalue weighted by atomic mass is 8.30. The molecule has 0 saturated heterocycles. The number of rotatable bonds is 26. The summed E-state index contributed by atoms with van der Waals surface area (Å²) in [5, 5.41) is 0. The molecule has 2 aliphatic carbocycles. The summed E-state index contributed by atoms with van der Waals surface area (Å²) in [4.78, 5) is 0. The lowest BCUT2D eigenvalue weighted by Crippen LogP contribution is -2.91. The fourth-order valence-corrected chi connectivity index (χ4v) is 17.7. The van der Waals surface area contributed by atoms with Crippen molar-refractivity contribution in [3.63, 3.8) is 0 Å². The van der Waals surface area contributed by atoms with Gasteiger partial charge in [0, 0.05) is 140 Å². The highest BCUT2D eigenvalue weighted by Gasteiger charge is 2.59. The van der Waals surface area contributed by atoms with Crippen molar-refractivity contribution in [2.75, 3.05) is 11.5 Å². The Morgan fingerprint density at radius 3 is 1.12 bits per heavy atom. The van der Waals surface area contributed by atoms with Gasteiger partial charge >= 0.3 is 0 Å². The molecule has 0 aromatic heterocycles. The second kappa shape index (κ2) is 29.2. The number of benzene rings is 2. The molecule has 2 nitrogen and oxygen atoms in total. The summed E-state index contributed by atoms with van der Waals surface area (Å²) < 4.78 is 0. The zero-order valence-electron chi connectivity index (χ0n) is 49.5. The molecule has 0 atom stereocenters. The van der Waals surface area contributed by atoms with Gasteiger partial charge in [-0.1, -0.05) is 68.6 Å². The third kappa shape index (κ3) is 17.1. The summed E-state index contributed by atoms with van der Waals surface area (Å²) >= 11 is 0. The van der Waals surface area contributed by atoms with E-state index in [0.29, 0.717) is 63.4 Å². The fourth-order valence-electron chi connectivity index (χ4n) is 17.7. The molecule has 0 unspecified atom stereocenters. The van der Waals surface area contributed by atoms with E-state index in [0.717, 1.165) is 99.4 Å². The third-order valence-corrected chi connectivity index (χ3v) is 19.9. The molecular weight excluding hydrogens is 785 g/mol. The van der Waals surface area contributed by atoms with Gasteiger partial charge in [0.1, 0.15) is 0 Å². The molecule has 4 rings (SSSR count). The van der Waals surface area contributed by atoms with E-state index in [-0.39, 0.29) is 0 Å². The van der Waals surface area contributed by atoms with Crippen molar-refractivity contribution in [1.82, 2.24) is 0 Å². The molecule has 2 aromatic carbocycles. The normalized spacial score (nSPS) is 17.4. The SMILES string of the molecule is BBB(B)B(B(B)B)B(B(B(B(B)B)B(B)B)B(B(B)B)B(B)B)B(B(B(B(B)B)B(B)B)B(B(B)B)B(B)B)C1CCC(CCC2CCC(c3ccc(Cc4cc(N)cc(N)c4)cc3)CC2)CC1. The van der Waals surface area contributed by atoms with Gasteiger partial charge in [-0.25, -0.2) is 0 Å². The van der Waals surface area contributed by atoms with E-state index < -0.39 is 0 Å². The molecule has 0 spiro atoms. The van der Waals surface area contributed by atoms with E-state index in [1.165, 1.54) is 82.4 Å².